The first-order chi connectivity index (χ1) is 13.0. The lowest BCUT2D eigenvalue weighted by molar-refractivity contribution is 0.449. The molecule has 1 N–H and O–H groups in total. The van der Waals surface area contributed by atoms with Gasteiger partial charge >= 0.3 is 0 Å². The van der Waals surface area contributed by atoms with Crippen LogP contribution in [0.25, 0.3) is 22.2 Å². The molecule has 0 spiro atoms. The summed E-state index contributed by atoms with van der Waals surface area (Å²) in [6, 6.07) is 22.9. The minimum atomic E-state index is -3.26. The largest absolute Gasteiger partial charge is 0.426 e. The summed E-state index contributed by atoms with van der Waals surface area (Å²) in [5.41, 5.74) is 3.42. The molecule has 0 radical (unpaired) electrons. The number of hydrogen-bond donors (Lipinski definition) is 1. The highest BCUT2D eigenvalue weighted by molar-refractivity contribution is 7.91. The molecule has 0 saturated carbocycles. The first kappa shape index (κ1) is 17.3. The number of hydrogen-bond acceptors (Lipinski definition) is 4. The lowest BCUT2D eigenvalue weighted by Gasteiger charge is -2.05. The van der Waals surface area contributed by atoms with Gasteiger partial charge in [0.15, 0.2) is 9.84 Å². The second-order valence-corrected chi connectivity index (χ2v) is 8.40. The molecule has 0 aliphatic carbocycles. The van der Waals surface area contributed by atoms with Crippen molar-refractivity contribution in [1.29, 1.82) is 0 Å². The summed E-state index contributed by atoms with van der Waals surface area (Å²) in [7, 11) is -3.26. The van der Waals surface area contributed by atoms with Gasteiger partial charge in [0.2, 0.25) is 0 Å². The maximum absolute atomic E-state index is 12.0. The smallest absolute Gasteiger partial charge is 0.300 e. The zero-order valence-electron chi connectivity index (χ0n) is 14.7. The number of imidazole rings is 1. The Bertz CT molecular complexity index is 1200. The highest BCUT2D eigenvalue weighted by atomic mass is 32.2. The van der Waals surface area contributed by atoms with E-state index in [9.17, 15) is 8.42 Å². The van der Waals surface area contributed by atoms with E-state index >= 15 is 0 Å². The fraction of sp³-hybridized carbons (Fsp3) is 0.0952. The molecule has 0 bridgehead atoms. The second kappa shape index (κ2) is 6.89. The molecule has 4 rings (SSSR count). The van der Waals surface area contributed by atoms with Crippen molar-refractivity contribution in [2.45, 2.75) is 11.8 Å². The molecule has 0 saturated heterocycles. The summed E-state index contributed by atoms with van der Waals surface area (Å²) in [6.07, 6.45) is 0. The van der Waals surface area contributed by atoms with Gasteiger partial charge in [-0.1, -0.05) is 49.4 Å². The fourth-order valence-corrected chi connectivity index (χ4v) is 3.76. The summed E-state index contributed by atoms with van der Waals surface area (Å²) in [4.78, 5) is 7.71. The number of rotatable bonds is 5. The molecule has 0 fully saturated rings. The monoisotopic (exact) mass is 378 g/mol. The highest BCUT2D eigenvalue weighted by Gasteiger charge is 2.14. The van der Waals surface area contributed by atoms with Crippen LogP contribution in [0.1, 0.15) is 6.92 Å². The quantitative estimate of drug-likeness (QED) is 0.541. The van der Waals surface area contributed by atoms with Gasteiger partial charge in [-0.2, -0.15) is 4.98 Å². The van der Waals surface area contributed by atoms with Crippen LogP contribution in [0.2, 0.25) is 0 Å². The van der Waals surface area contributed by atoms with Gasteiger partial charge in [-0.3, -0.25) is 0 Å². The summed E-state index contributed by atoms with van der Waals surface area (Å²) >= 11 is 0. The van der Waals surface area contributed by atoms with Crippen LogP contribution in [-0.4, -0.2) is 24.1 Å². The maximum atomic E-state index is 12.0. The van der Waals surface area contributed by atoms with Gasteiger partial charge in [0.25, 0.3) is 6.01 Å². The van der Waals surface area contributed by atoms with Crippen LogP contribution in [0.4, 0.5) is 0 Å². The molecule has 136 valence electrons. The average Bonchev–Trinajstić information content (AvgIpc) is 3.10. The predicted octanol–water partition coefficient (Wildman–Crippen LogP) is 4.82. The summed E-state index contributed by atoms with van der Waals surface area (Å²) < 4.78 is 30.0. The zero-order valence-corrected chi connectivity index (χ0v) is 15.5. The molecule has 0 amide bonds. The number of ether oxygens (including phenoxy) is 1. The maximum Gasteiger partial charge on any atom is 0.300 e. The Morgan fingerprint density at radius 2 is 1.70 bits per heavy atom. The third-order valence-electron chi connectivity index (χ3n) is 4.33. The topological polar surface area (TPSA) is 72.1 Å². The lowest BCUT2D eigenvalue weighted by Crippen LogP contribution is -2.03. The van der Waals surface area contributed by atoms with Crippen molar-refractivity contribution in [3.63, 3.8) is 0 Å². The van der Waals surface area contributed by atoms with Crippen molar-refractivity contribution in [1.82, 2.24) is 9.97 Å². The molecule has 0 unspecified atom stereocenters. The standard InChI is InChI=1S/C21H18N2O3S/c1-2-27(24,25)18-11-12-19-20(14-18)23-21(22-19)26-17-10-6-9-16(13-17)15-7-4-3-5-8-15/h3-14H,2H2,1H3,(H,22,23). The van der Waals surface area contributed by atoms with Gasteiger partial charge in [-0.05, 0) is 41.5 Å². The van der Waals surface area contributed by atoms with Gasteiger partial charge < -0.3 is 9.72 Å². The van der Waals surface area contributed by atoms with E-state index in [1.54, 1.807) is 25.1 Å². The van der Waals surface area contributed by atoms with E-state index in [1.165, 1.54) is 0 Å². The van der Waals surface area contributed by atoms with E-state index in [0.29, 0.717) is 22.8 Å². The number of fused-ring (bicyclic) bond motifs is 1. The van der Waals surface area contributed by atoms with Gasteiger partial charge in [-0.15, -0.1) is 0 Å². The van der Waals surface area contributed by atoms with Crippen molar-refractivity contribution in [2.24, 2.45) is 0 Å². The van der Waals surface area contributed by atoms with Crippen molar-refractivity contribution < 1.29 is 13.2 Å². The zero-order chi connectivity index (χ0) is 18.9. The molecule has 0 aliphatic rings. The molecule has 5 nitrogen and oxygen atoms in total. The van der Waals surface area contributed by atoms with Crippen LogP contribution in [-0.2, 0) is 9.84 Å². The number of aromatic amines is 1. The van der Waals surface area contributed by atoms with Gasteiger partial charge in [0, 0.05) is 0 Å². The van der Waals surface area contributed by atoms with E-state index in [1.807, 2.05) is 54.6 Å². The van der Waals surface area contributed by atoms with Gasteiger partial charge in [0.1, 0.15) is 5.75 Å². The molecular formula is C21H18N2O3S. The number of sulfone groups is 1. The average molecular weight is 378 g/mol. The molecule has 6 heteroatoms. The second-order valence-electron chi connectivity index (χ2n) is 6.12. The number of aromatic nitrogens is 2. The van der Waals surface area contributed by atoms with E-state index in [2.05, 4.69) is 9.97 Å². The molecule has 1 heterocycles. The van der Waals surface area contributed by atoms with Crippen LogP contribution in [0.5, 0.6) is 11.8 Å². The van der Waals surface area contributed by atoms with Crippen molar-refractivity contribution in [2.75, 3.05) is 5.75 Å². The Morgan fingerprint density at radius 3 is 2.48 bits per heavy atom. The first-order valence-electron chi connectivity index (χ1n) is 8.61. The summed E-state index contributed by atoms with van der Waals surface area (Å²) in [5, 5.41) is 0. The van der Waals surface area contributed by atoms with Crippen molar-refractivity contribution >= 4 is 20.9 Å². The lowest BCUT2D eigenvalue weighted by atomic mass is 10.1. The fourth-order valence-electron chi connectivity index (χ4n) is 2.86. The number of benzene rings is 3. The number of nitrogens with zero attached hydrogens (tertiary/aromatic N) is 1. The van der Waals surface area contributed by atoms with Crippen LogP contribution >= 0.6 is 0 Å². The number of nitrogens with one attached hydrogen (secondary N) is 1. The molecule has 0 aliphatic heterocycles. The van der Waals surface area contributed by atoms with E-state index < -0.39 is 9.84 Å². The SMILES string of the molecule is CCS(=O)(=O)c1ccc2nc(Oc3cccc(-c4ccccc4)c3)[nH]c2c1. The molecule has 4 aromatic rings. The number of H-pyrrole nitrogens is 1. The molecular weight excluding hydrogens is 360 g/mol. The van der Waals surface area contributed by atoms with E-state index in [0.717, 1.165) is 11.1 Å². The predicted molar refractivity (Wildman–Crippen MR) is 106 cm³/mol. The van der Waals surface area contributed by atoms with Crippen LogP contribution in [0, 0.1) is 0 Å². The Kier molecular flexibility index (Phi) is 4.41. The Balaban J connectivity index is 1.64. The summed E-state index contributed by atoms with van der Waals surface area (Å²) in [5.74, 6) is 0.708. The molecule has 3 aromatic carbocycles. The highest BCUT2D eigenvalue weighted by Crippen LogP contribution is 2.28. The minimum Gasteiger partial charge on any atom is -0.426 e. The Hall–Kier alpha value is -3.12. The van der Waals surface area contributed by atoms with Crippen LogP contribution < -0.4 is 4.74 Å². The minimum absolute atomic E-state index is 0.0578. The third-order valence-corrected chi connectivity index (χ3v) is 6.06. The third kappa shape index (κ3) is 3.57. The van der Waals surface area contributed by atoms with Gasteiger partial charge in [-0.25, -0.2) is 8.42 Å². The first-order valence-corrected chi connectivity index (χ1v) is 10.3. The van der Waals surface area contributed by atoms with E-state index in [-0.39, 0.29) is 10.6 Å². The van der Waals surface area contributed by atoms with Crippen molar-refractivity contribution in [3.05, 3.63) is 72.8 Å². The van der Waals surface area contributed by atoms with Crippen molar-refractivity contribution in [3.8, 4) is 22.9 Å². The molecule has 27 heavy (non-hydrogen) atoms. The normalized spacial score (nSPS) is 11.6. The molecule has 0 atom stereocenters. The van der Waals surface area contributed by atoms with Gasteiger partial charge in [0.05, 0.1) is 21.7 Å². The summed E-state index contributed by atoms with van der Waals surface area (Å²) in [6.45, 7) is 1.63. The Labute approximate surface area is 157 Å². The van der Waals surface area contributed by atoms with E-state index in [4.69, 9.17) is 4.74 Å². The van der Waals surface area contributed by atoms with Crippen LogP contribution in [0.3, 0.4) is 0 Å². The molecule has 1 aromatic heterocycles. The van der Waals surface area contributed by atoms with Crippen LogP contribution in [0.15, 0.2) is 77.7 Å². The Morgan fingerprint density at radius 1 is 0.926 bits per heavy atom.